The number of hydrogen-bond donors (Lipinski definition) is 0. The highest BCUT2D eigenvalue weighted by atomic mass is 19.2. The van der Waals surface area contributed by atoms with Crippen molar-refractivity contribution in [2.45, 2.75) is 18.9 Å². The molecule has 4 rings (SSSR count). The quantitative estimate of drug-likeness (QED) is 0.713. The van der Waals surface area contributed by atoms with E-state index in [1.54, 1.807) is 4.90 Å². The smallest absolute Gasteiger partial charge is 0.254 e. The van der Waals surface area contributed by atoms with Crippen molar-refractivity contribution < 1.29 is 18.1 Å². The number of benzene rings is 2. The highest BCUT2D eigenvalue weighted by Gasteiger charge is 2.34. The van der Waals surface area contributed by atoms with Crippen LogP contribution in [0.2, 0.25) is 0 Å². The minimum Gasteiger partial charge on any atom is -0.337 e. The Morgan fingerprint density at radius 3 is 2.69 bits per heavy atom. The summed E-state index contributed by atoms with van der Waals surface area (Å²) in [6.07, 6.45) is 1.44. The van der Waals surface area contributed by atoms with E-state index in [0.29, 0.717) is 24.7 Å². The van der Waals surface area contributed by atoms with Gasteiger partial charge in [0, 0.05) is 17.7 Å². The van der Waals surface area contributed by atoms with Crippen LogP contribution in [0.3, 0.4) is 0 Å². The first-order chi connectivity index (χ1) is 12.6. The van der Waals surface area contributed by atoms with E-state index >= 15 is 0 Å². The first-order valence-corrected chi connectivity index (χ1v) is 8.28. The summed E-state index contributed by atoms with van der Waals surface area (Å²) in [5.41, 5.74) is 0.914. The molecule has 0 saturated carbocycles. The fourth-order valence-corrected chi connectivity index (χ4v) is 3.14. The van der Waals surface area contributed by atoms with Crippen LogP contribution in [-0.4, -0.2) is 27.5 Å². The summed E-state index contributed by atoms with van der Waals surface area (Å²) in [7, 11) is 0. The molecule has 0 radical (unpaired) electrons. The molecule has 0 spiro atoms. The molecular weight excluding hydrogens is 340 g/mol. The number of amides is 1. The third-order valence-electron chi connectivity index (χ3n) is 4.44. The van der Waals surface area contributed by atoms with Crippen molar-refractivity contribution in [2.24, 2.45) is 0 Å². The van der Waals surface area contributed by atoms with Gasteiger partial charge in [-0.15, -0.1) is 0 Å². The van der Waals surface area contributed by atoms with Gasteiger partial charge in [0.2, 0.25) is 11.7 Å². The Morgan fingerprint density at radius 2 is 1.92 bits per heavy atom. The Labute approximate surface area is 148 Å². The van der Waals surface area contributed by atoms with E-state index in [1.807, 2.05) is 30.3 Å². The van der Waals surface area contributed by atoms with Crippen LogP contribution in [0.5, 0.6) is 0 Å². The second-order valence-corrected chi connectivity index (χ2v) is 6.11. The normalized spacial score (nSPS) is 16.8. The van der Waals surface area contributed by atoms with Crippen LogP contribution in [-0.2, 0) is 0 Å². The topological polar surface area (TPSA) is 59.2 Å². The highest BCUT2D eigenvalue weighted by molar-refractivity contribution is 5.94. The second kappa shape index (κ2) is 6.67. The van der Waals surface area contributed by atoms with Crippen molar-refractivity contribution in [3.63, 3.8) is 0 Å². The van der Waals surface area contributed by atoms with Gasteiger partial charge in [-0.1, -0.05) is 35.5 Å². The Hall–Kier alpha value is -3.09. The number of hydrogen-bond acceptors (Lipinski definition) is 4. The molecule has 1 aliphatic heterocycles. The molecule has 1 amide bonds. The van der Waals surface area contributed by atoms with Gasteiger partial charge in [0.25, 0.3) is 5.91 Å². The number of carbonyl (C=O) groups excluding carboxylic acids is 1. The van der Waals surface area contributed by atoms with Gasteiger partial charge in [-0.25, -0.2) is 8.78 Å². The summed E-state index contributed by atoms with van der Waals surface area (Å²) >= 11 is 0. The van der Waals surface area contributed by atoms with E-state index in [2.05, 4.69) is 10.1 Å². The van der Waals surface area contributed by atoms with Crippen LogP contribution in [0.4, 0.5) is 8.78 Å². The Morgan fingerprint density at radius 1 is 1.12 bits per heavy atom. The van der Waals surface area contributed by atoms with Crippen LogP contribution >= 0.6 is 0 Å². The van der Waals surface area contributed by atoms with Crippen LogP contribution in [0.25, 0.3) is 11.4 Å². The largest absolute Gasteiger partial charge is 0.337 e. The van der Waals surface area contributed by atoms with Gasteiger partial charge in [0.15, 0.2) is 11.6 Å². The van der Waals surface area contributed by atoms with Gasteiger partial charge < -0.3 is 9.42 Å². The van der Waals surface area contributed by atoms with E-state index in [9.17, 15) is 13.6 Å². The summed E-state index contributed by atoms with van der Waals surface area (Å²) in [5.74, 6) is -1.62. The molecular formula is C19H15F2N3O2. The average Bonchev–Trinajstić information content (AvgIpc) is 3.33. The van der Waals surface area contributed by atoms with Gasteiger partial charge in [-0.3, -0.25) is 4.79 Å². The minimum atomic E-state index is -1.05. The molecule has 1 aliphatic rings. The van der Waals surface area contributed by atoms with E-state index in [1.165, 1.54) is 6.07 Å². The van der Waals surface area contributed by atoms with Gasteiger partial charge in [0.05, 0.1) is 0 Å². The van der Waals surface area contributed by atoms with Gasteiger partial charge in [-0.05, 0) is 31.0 Å². The summed E-state index contributed by atoms with van der Waals surface area (Å²) in [6.45, 7) is 0.492. The van der Waals surface area contributed by atoms with Crippen LogP contribution in [0, 0.1) is 11.6 Å². The van der Waals surface area contributed by atoms with Crippen molar-refractivity contribution in [2.75, 3.05) is 6.54 Å². The summed E-state index contributed by atoms with van der Waals surface area (Å²) in [6, 6.07) is 12.1. The second-order valence-electron chi connectivity index (χ2n) is 6.11. The van der Waals surface area contributed by atoms with E-state index in [-0.39, 0.29) is 17.5 Å². The van der Waals surface area contributed by atoms with Crippen LogP contribution in [0.1, 0.15) is 35.1 Å². The fraction of sp³-hybridized carbons (Fsp3) is 0.211. The average molecular weight is 355 g/mol. The monoisotopic (exact) mass is 355 g/mol. The lowest BCUT2D eigenvalue weighted by atomic mass is 10.1. The van der Waals surface area contributed by atoms with Gasteiger partial charge >= 0.3 is 0 Å². The zero-order valence-corrected chi connectivity index (χ0v) is 13.7. The highest BCUT2D eigenvalue weighted by Crippen LogP contribution is 2.33. The standard InChI is InChI=1S/C19H15F2N3O2/c20-14-9-8-13(11-15(14)21)19(25)24-10-4-7-16(24)18-22-17(23-26-18)12-5-2-1-3-6-12/h1-3,5-6,8-9,11,16H,4,7,10H2/t16-/m0/s1. The first-order valence-electron chi connectivity index (χ1n) is 8.28. The maximum atomic E-state index is 13.5. The number of halogens is 2. The molecule has 0 aliphatic carbocycles. The van der Waals surface area contributed by atoms with Crippen molar-refractivity contribution in [1.29, 1.82) is 0 Å². The lowest BCUT2D eigenvalue weighted by Crippen LogP contribution is -2.30. The fourth-order valence-electron chi connectivity index (χ4n) is 3.14. The molecule has 0 bridgehead atoms. The van der Waals surface area contributed by atoms with Crippen molar-refractivity contribution in [3.8, 4) is 11.4 Å². The van der Waals surface area contributed by atoms with Crippen LogP contribution in [0.15, 0.2) is 53.1 Å². The van der Waals surface area contributed by atoms with Gasteiger partial charge in [0.1, 0.15) is 6.04 Å². The molecule has 1 atom stereocenters. The molecule has 1 saturated heterocycles. The molecule has 1 aromatic heterocycles. The summed E-state index contributed by atoms with van der Waals surface area (Å²) in [4.78, 5) is 18.7. The molecule has 26 heavy (non-hydrogen) atoms. The molecule has 7 heteroatoms. The molecule has 2 aromatic carbocycles. The summed E-state index contributed by atoms with van der Waals surface area (Å²) < 4.78 is 31.9. The van der Waals surface area contributed by atoms with E-state index in [0.717, 1.165) is 24.1 Å². The number of rotatable bonds is 3. The zero-order chi connectivity index (χ0) is 18.1. The SMILES string of the molecule is O=C(c1ccc(F)c(F)c1)N1CCC[C@H]1c1nc(-c2ccccc2)no1. The molecule has 0 N–H and O–H groups in total. The molecule has 2 heterocycles. The molecule has 132 valence electrons. The van der Waals surface area contributed by atoms with Crippen LogP contribution < -0.4 is 0 Å². The Kier molecular flexibility index (Phi) is 4.20. The maximum Gasteiger partial charge on any atom is 0.254 e. The predicted octanol–water partition coefficient (Wildman–Crippen LogP) is 3.99. The van der Waals surface area contributed by atoms with Crippen molar-refractivity contribution in [3.05, 3.63) is 71.6 Å². The Bertz CT molecular complexity index is 943. The third-order valence-corrected chi connectivity index (χ3v) is 4.44. The number of nitrogens with zero attached hydrogens (tertiary/aromatic N) is 3. The summed E-state index contributed by atoms with van der Waals surface area (Å²) in [5, 5.41) is 3.99. The molecule has 0 unspecified atom stereocenters. The minimum absolute atomic E-state index is 0.0959. The third kappa shape index (κ3) is 2.96. The number of carbonyl (C=O) groups is 1. The number of likely N-dealkylation sites (tertiary alicyclic amines) is 1. The van der Waals surface area contributed by atoms with Crippen molar-refractivity contribution in [1.82, 2.24) is 15.0 Å². The van der Waals surface area contributed by atoms with E-state index < -0.39 is 11.6 Å². The lowest BCUT2D eigenvalue weighted by Gasteiger charge is -2.21. The molecule has 5 nitrogen and oxygen atoms in total. The van der Waals surface area contributed by atoms with Gasteiger partial charge in [-0.2, -0.15) is 4.98 Å². The first kappa shape index (κ1) is 16.4. The number of aromatic nitrogens is 2. The predicted molar refractivity (Wildman–Crippen MR) is 89.1 cm³/mol. The zero-order valence-electron chi connectivity index (χ0n) is 13.7. The Balaban J connectivity index is 1.60. The maximum absolute atomic E-state index is 13.5. The lowest BCUT2D eigenvalue weighted by molar-refractivity contribution is 0.0709. The van der Waals surface area contributed by atoms with E-state index in [4.69, 9.17) is 4.52 Å². The molecule has 3 aromatic rings. The van der Waals surface area contributed by atoms with Crippen molar-refractivity contribution >= 4 is 5.91 Å². The molecule has 1 fully saturated rings.